The van der Waals surface area contributed by atoms with Gasteiger partial charge in [-0.1, -0.05) is 24.3 Å². The molecule has 1 aromatic heterocycles. The summed E-state index contributed by atoms with van der Waals surface area (Å²) in [6.45, 7) is 6.74. The largest absolute Gasteiger partial charge is 0.493 e. The molecule has 11 heteroatoms. The van der Waals surface area contributed by atoms with Crippen LogP contribution in [0.5, 0.6) is 5.75 Å². The Balaban J connectivity index is 1.61. The molecule has 0 fully saturated rings. The molecule has 11 nitrogen and oxygen atoms in total. The smallest absolute Gasteiger partial charge is 0.123 e. The van der Waals surface area contributed by atoms with Gasteiger partial charge < -0.3 is 9.64 Å². The highest BCUT2D eigenvalue weighted by Crippen LogP contribution is 2.18. The molecule has 0 aliphatic carbocycles. The zero-order valence-electron chi connectivity index (χ0n) is 27.3. The second-order valence-corrected chi connectivity index (χ2v) is 11.4. The van der Waals surface area contributed by atoms with Crippen LogP contribution in [0.4, 0.5) is 0 Å². The summed E-state index contributed by atoms with van der Waals surface area (Å²) < 4.78 is 6.12. The molecule has 0 unspecified atom stereocenters. The van der Waals surface area contributed by atoms with E-state index in [0.717, 1.165) is 68.9 Å². The van der Waals surface area contributed by atoms with Crippen LogP contribution >= 0.6 is 0 Å². The van der Waals surface area contributed by atoms with Crippen LogP contribution in [0.3, 0.4) is 0 Å². The Morgan fingerprint density at radius 2 is 1.23 bits per heavy atom. The zero-order valence-corrected chi connectivity index (χ0v) is 27.3. The van der Waals surface area contributed by atoms with Crippen LogP contribution in [0.15, 0.2) is 36.4 Å². The summed E-state index contributed by atoms with van der Waals surface area (Å²) in [6, 6.07) is 12.7. The lowest BCUT2D eigenvalue weighted by Crippen LogP contribution is -2.26. The standard InChI is InChI=1S/C32H54N6O5/c1-34(2)15-8-18-39-32-24-30-26-37(5)40-19-9-16-35(3)42-21-13-28-11-7-12-29(23-28)14-22-43-36(4)17-10-20-41-38(6)27-31(25-32)33-30/h7,11-12,23-25H,8-10,13-22,26-27H2,1-6H3. The molecule has 2 aromatic rings. The molecule has 0 atom stereocenters. The first kappa shape index (κ1) is 35.3. The lowest BCUT2D eigenvalue weighted by molar-refractivity contribution is -0.167. The van der Waals surface area contributed by atoms with Crippen LogP contribution in [0, 0.1) is 0 Å². The van der Waals surface area contributed by atoms with E-state index in [1.807, 2.05) is 60.6 Å². The molecule has 0 amide bonds. The quantitative estimate of drug-likeness (QED) is 0.473. The molecule has 0 saturated carbocycles. The van der Waals surface area contributed by atoms with Crippen LogP contribution in [0.1, 0.15) is 41.8 Å². The molecule has 0 spiro atoms. The number of hydrogen-bond donors (Lipinski definition) is 0. The molecule has 1 aliphatic rings. The second-order valence-electron chi connectivity index (χ2n) is 11.4. The first-order chi connectivity index (χ1) is 20.8. The summed E-state index contributed by atoms with van der Waals surface area (Å²) in [6.07, 6.45) is 4.37. The SMILES string of the molecule is CN(C)CCCOc1cc2nc(c1)CN(C)OCCCN(C)OCCc1cccc(c1)CCON(C)CCCON(C)C2. The Hall–Kier alpha value is -2.19. The predicted octanol–water partition coefficient (Wildman–Crippen LogP) is 3.44. The van der Waals surface area contributed by atoms with Gasteiger partial charge in [0, 0.05) is 60.0 Å². The van der Waals surface area contributed by atoms with Crippen molar-refractivity contribution in [3.63, 3.8) is 0 Å². The van der Waals surface area contributed by atoms with Crippen molar-refractivity contribution in [2.45, 2.75) is 45.2 Å². The minimum atomic E-state index is 0.546. The maximum Gasteiger partial charge on any atom is 0.123 e. The number of benzene rings is 1. The van der Waals surface area contributed by atoms with E-state index in [-0.39, 0.29) is 0 Å². The van der Waals surface area contributed by atoms with Crippen LogP contribution < -0.4 is 4.74 Å². The van der Waals surface area contributed by atoms with E-state index in [1.165, 1.54) is 11.1 Å². The van der Waals surface area contributed by atoms with Gasteiger partial charge in [0.15, 0.2) is 0 Å². The maximum absolute atomic E-state index is 6.12. The van der Waals surface area contributed by atoms with Crippen molar-refractivity contribution in [1.82, 2.24) is 30.1 Å². The molecule has 242 valence electrons. The summed E-state index contributed by atoms with van der Waals surface area (Å²) in [5.74, 6) is 0.817. The summed E-state index contributed by atoms with van der Waals surface area (Å²) >= 11 is 0. The van der Waals surface area contributed by atoms with Crippen LogP contribution in [-0.4, -0.2) is 125 Å². The number of ether oxygens (including phenoxy) is 1. The first-order valence-electron chi connectivity index (χ1n) is 15.5. The van der Waals surface area contributed by atoms with E-state index in [2.05, 4.69) is 43.3 Å². The summed E-state index contributed by atoms with van der Waals surface area (Å²) in [7, 11) is 12.0. The Morgan fingerprint density at radius 1 is 0.721 bits per heavy atom. The molecular weight excluding hydrogens is 548 g/mol. The van der Waals surface area contributed by atoms with E-state index in [9.17, 15) is 0 Å². The van der Waals surface area contributed by atoms with Crippen LogP contribution in [-0.2, 0) is 45.3 Å². The normalized spacial score (nSPS) is 19.4. The molecule has 1 aliphatic heterocycles. The topological polar surface area (TPSA) is 75.2 Å². The van der Waals surface area contributed by atoms with Gasteiger partial charge in [0.1, 0.15) is 5.75 Å². The molecule has 2 heterocycles. The van der Waals surface area contributed by atoms with E-state index >= 15 is 0 Å². The lowest BCUT2D eigenvalue weighted by atomic mass is 10.1. The summed E-state index contributed by atoms with van der Waals surface area (Å²) in [5.41, 5.74) is 4.32. The van der Waals surface area contributed by atoms with Gasteiger partial charge in [-0.2, -0.15) is 20.3 Å². The number of aromatic nitrogens is 1. The number of pyridine rings is 1. The highest BCUT2D eigenvalue weighted by molar-refractivity contribution is 5.27. The molecule has 0 radical (unpaired) electrons. The Bertz CT molecular complexity index is 980. The van der Waals surface area contributed by atoms with Crippen molar-refractivity contribution in [3.05, 3.63) is 58.9 Å². The average molecular weight is 603 g/mol. The fraction of sp³-hybridized carbons (Fsp3) is 0.656. The Kier molecular flexibility index (Phi) is 16.4. The van der Waals surface area contributed by atoms with Gasteiger partial charge in [-0.3, -0.25) is 24.3 Å². The fourth-order valence-electron chi connectivity index (χ4n) is 4.71. The molecule has 0 saturated heterocycles. The Morgan fingerprint density at radius 3 is 1.74 bits per heavy atom. The molecular formula is C32H54N6O5. The van der Waals surface area contributed by atoms with Crippen molar-refractivity contribution in [1.29, 1.82) is 0 Å². The molecule has 43 heavy (non-hydrogen) atoms. The molecule has 0 N–H and O–H groups in total. The van der Waals surface area contributed by atoms with E-state index in [0.29, 0.717) is 46.1 Å². The maximum atomic E-state index is 6.12. The summed E-state index contributed by atoms with van der Waals surface area (Å²) in [4.78, 5) is 30.9. The average Bonchev–Trinajstić information content (AvgIpc) is 2.95. The molecule has 4 bridgehead atoms. The highest BCUT2D eigenvalue weighted by Gasteiger charge is 2.11. The number of nitrogens with zero attached hydrogens (tertiary/aromatic N) is 6. The van der Waals surface area contributed by atoms with Crippen molar-refractivity contribution in [3.8, 4) is 5.75 Å². The zero-order chi connectivity index (χ0) is 30.9. The third-order valence-electron chi connectivity index (χ3n) is 6.95. The van der Waals surface area contributed by atoms with Gasteiger partial charge in [0.25, 0.3) is 0 Å². The molecule has 1 aromatic carbocycles. The molecule has 3 rings (SSSR count). The van der Waals surface area contributed by atoms with Gasteiger partial charge in [0.05, 0.1) is 57.5 Å². The monoisotopic (exact) mass is 602 g/mol. The van der Waals surface area contributed by atoms with Gasteiger partial charge in [-0.25, -0.2) is 0 Å². The summed E-state index contributed by atoms with van der Waals surface area (Å²) in [5, 5.41) is 7.45. The predicted molar refractivity (Wildman–Crippen MR) is 168 cm³/mol. The van der Waals surface area contributed by atoms with Crippen molar-refractivity contribution in [2.75, 3.05) is 95.0 Å². The van der Waals surface area contributed by atoms with Crippen molar-refractivity contribution in [2.24, 2.45) is 0 Å². The van der Waals surface area contributed by atoms with Crippen molar-refractivity contribution >= 4 is 0 Å². The van der Waals surface area contributed by atoms with Gasteiger partial charge >= 0.3 is 0 Å². The first-order valence-corrected chi connectivity index (χ1v) is 15.5. The van der Waals surface area contributed by atoms with E-state index in [4.69, 9.17) is 29.1 Å². The van der Waals surface area contributed by atoms with Crippen LogP contribution in [0.25, 0.3) is 0 Å². The van der Waals surface area contributed by atoms with E-state index in [1.54, 1.807) is 0 Å². The highest BCUT2D eigenvalue weighted by atomic mass is 16.7. The fourth-order valence-corrected chi connectivity index (χ4v) is 4.71. The third kappa shape index (κ3) is 15.4. The minimum Gasteiger partial charge on any atom is -0.493 e. The second kappa shape index (κ2) is 20.0. The minimum absolute atomic E-state index is 0.546. The number of rotatable bonds is 5. The lowest BCUT2D eigenvalue weighted by Gasteiger charge is -2.21. The number of hydroxylamine groups is 8. The van der Waals surface area contributed by atoms with Gasteiger partial charge in [-0.15, -0.1) is 0 Å². The Labute approximate surface area is 259 Å². The van der Waals surface area contributed by atoms with Gasteiger partial charge in [0.2, 0.25) is 0 Å². The van der Waals surface area contributed by atoms with Gasteiger partial charge in [-0.05, 0) is 57.3 Å². The number of fused-ring (bicyclic) bond motifs is 4. The third-order valence-corrected chi connectivity index (χ3v) is 6.95. The van der Waals surface area contributed by atoms with Crippen LogP contribution in [0.2, 0.25) is 0 Å². The number of hydrogen-bond acceptors (Lipinski definition) is 11. The van der Waals surface area contributed by atoms with E-state index < -0.39 is 0 Å². The van der Waals surface area contributed by atoms with Crippen molar-refractivity contribution < 1.29 is 24.1 Å².